The van der Waals surface area contributed by atoms with Crippen molar-refractivity contribution in [2.45, 2.75) is 71.6 Å². The third kappa shape index (κ3) is 5.08. The van der Waals surface area contributed by atoms with E-state index >= 15 is 0 Å². The van der Waals surface area contributed by atoms with E-state index in [2.05, 4.69) is 188 Å². The van der Waals surface area contributed by atoms with Crippen LogP contribution in [0.25, 0.3) is 44.2 Å². The smallest absolute Gasteiger partial charge is 0.139 e. The molecule has 6 aromatic carbocycles. The zero-order valence-electron chi connectivity index (χ0n) is 30.0. The van der Waals surface area contributed by atoms with E-state index in [-0.39, 0.29) is 16.2 Å². The molecule has 2 heteroatoms. The first-order valence-corrected chi connectivity index (χ1v) is 17.5. The van der Waals surface area contributed by atoms with Gasteiger partial charge in [0.15, 0.2) is 0 Å². The minimum Gasteiger partial charge on any atom is -0.456 e. The lowest BCUT2D eigenvalue weighted by atomic mass is 9.79. The molecule has 244 valence electrons. The molecular formula is C47H45NO. The molecule has 0 unspecified atom stereocenters. The predicted octanol–water partition coefficient (Wildman–Crippen LogP) is 13.6. The normalized spacial score (nSPS) is 13.9. The zero-order valence-corrected chi connectivity index (χ0v) is 30.0. The summed E-state index contributed by atoms with van der Waals surface area (Å²) in [6, 6.07) is 46.8. The van der Waals surface area contributed by atoms with Crippen molar-refractivity contribution < 1.29 is 4.42 Å². The Morgan fingerprint density at radius 1 is 0.551 bits per heavy atom. The number of fused-ring (bicyclic) bond motifs is 6. The van der Waals surface area contributed by atoms with Gasteiger partial charge in [0.2, 0.25) is 0 Å². The van der Waals surface area contributed by atoms with E-state index in [4.69, 9.17) is 4.42 Å². The molecule has 1 aliphatic rings. The van der Waals surface area contributed by atoms with Crippen LogP contribution < -0.4 is 4.90 Å². The highest BCUT2D eigenvalue weighted by molar-refractivity contribution is 6.14. The van der Waals surface area contributed by atoms with E-state index in [1.165, 1.54) is 49.9 Å². The lowest BCUT2D eigenvalue weighted by Gasteiger charge is -2.28. The fraction of sp³-hybridized carbons (Fsp3) is 0.234. The van der Waals surface area contributed by atoms with Crippen LogP contribution in [0, 0.1) is 0 Å². The second-order valence-electron chi connectivity index (χ2n) is 16.3. The quantitative estimate of drug-likeness (QED) is 0.191. The van der Waals surface area contributed by atoms with Gasteiger partial charge < -0.3 is 9.32 Å². The fourth-order valence-corrected chi connectivity index (χ4v) is 7.79. The van der Waals surface area contributed by atoms with Gasteiger partial charge in [0.05, 0.1) is 11.1 Å². The van der Waals surface area contributed by atoms with Gasteiger partial charge in [-0.3, -0.25) is 0 Å². The summed E-state index contributed by atoms with van der Waals surface area (Å²) < 4.78 is 6.84. The topological polar surface area (TPSA) is 16.4 Å². The summed E-state index contributed by atoms with van der Waals surface area (Å²) >= 11 is 0. The fourth-order valence-electron chi connectivity index (χ4n) is 7.79. The molecule has 7 aromatic rings. The van der Waals surface area contributed by atoms with Crippen molar-refractivity contribution in [1.82, 2.24) is 0 Å². The van der Waals surface area contributed by atoms with Crippen LogP contribution in [0.3, 0.4) is 0 Å². The summed E-state index contributed by atoms with van der Waals surface area (Å²) in [5.41, 5.74) is 15.4. The molecule has 0 amide bonds. The first kappa shape index (κ1) is 31.2. The van der Waals surface area contributed by atoms with E-state index in [0.29, 0.717) is 0 Å². The van der Waals surface area contributed by atoms with Crippen molar-refractivity contribution >= 4 is 39.0 Å². The largest absolute Gasteiger partial charge is 0.456 e. The van der Waals surface area contributed by atoms with E-state index in [0.717, 1.165) is 33.6 Å². The Bertz CT molecular complexity index is 2360. The SMILES string of the molecule is CC(C)(C)c1cc(C(C)(C)C)c2oc3cccc(N(c4ccc(-c5ccccc5)cc4)c4ccc5c(c4)-c4ccccc4C5(C)C)c3c2c1. The lowest BCUT2D eigenvalue weighted by molar-refractivity contribution is 0.559. The molecular weight excluding hydrogens is 595 g/mol. The number of hydrogen-bond donors (Lipinski definition) is 0. The molecule has 1 heterocycles. The molecule has 0 saturated heterocycles. The Kier molecular flexibility index (Phi) is 6.99. The molecule has 2 nitrogen and oxygen atoms in total. The van der Waals surface area contributed by atoms with Crippen LogP contribution in [0.15, 0.2) is 132 Å². The molecule has 0 saturated carbocycles. The van der Waals surface area contributed by atoms with Gasteiger partial charge in [0, 0.05) is 27.7 Å². The van der Waals surface area contributed by atoms with E-state index in [1.807, 2.05) is 0 Å². The van der Waals surface area contributed by atoms with Crippen molar-refractivity contribution in [2.24, 2.45) is 0 Å². The van der Waals surface area contributed by atoms with Gasteiger partial charge in [-0.05, 0) is 92.2 Å². The molecule has 1 aromatic heterocycles. The van der Waals surface area contributed by atoms with Crippen LogP contribution in [0.2, 0.25) is 0 Å². The Morgan fingerprint density at radius 3 is 1.92 bits per heavy atom. The van der Waals surface area contributed by atoms with Crippen LogP contribution in [0.4, 0.5) is 17.1 Å². The van der Waals surface area contributed by atoms with Gasteiger partial charge in [-0.25, -0.2) is 0 Å². The molecule has 49 heavy (non-hydrogen) atoms. The van der Waals surface area contributed by atoms with Crippen molar-refractivity contribution in [3.63, 3.8) is 0 Å². The van der Waals surface area contributed by atoms with Gasteiger partial charge in [-0.2, -0.15) is 0 Å². The van der Waals surface area contributed by atoms with Crippen LogP contribution in [0.5, 0.6) is 0 Å². The summed E-state index contributed by atoms with van der Waals surface area (Å²) in [4.78, 5) is 2.43. The highest BCUT2D eigenvalue weighted by Crippen LogP contribution is 2.52. The maximum absolute atomic E-state index is 6.84. The predicted molar refractivity (Wildman–Crippen MR) is 209 cm³/mol. The van der Waals surface area contributed by atoms with Gasteiger partial charge in [0.25, 0.3) is 0 Å². The highest BCUT2D eigenvalue weighted by Gasteiger charge is 2.36. The van der Waals surface area contributed by atoms with Crippen LogP contribution in [-0.2, 0) is 16.2 Å². The summed E-state index contributed by atoms with van der Waals surface area (Å²) in [6.45, 7) is 18.4. The summed E-state index contributed by atoms with van der Waals surface area (Å²) in [7, 11) is 0. The van der Waals surface area contributed by atoms with Crippen LogP contribution in [0.1, 0.15) is 77.6 Å². The third-order valence-corrected chi connectivity index (χ3v) is 10.5. The van der Waals surface area contributed by atoms with E-state index < -0.39 is 0 Å². The van der Waals surface area contributed by atoms with Crippen molar-refractivity contribution in [2.75, 3.05) is 4.90 Å². The Balaban J connectivity index is 1.41. The first-order valence-electron chi connectivity index (χ1n) is 17.5. The first-order chi connectivity index (χ1) is 23.3. The maximum Gasteiger partial charge on any atom is 0.139 e. The summed E-state index contributed by atoms with van der Waals surface area (Å²) in [5.74, 6) is 0. The molecule has 0 aliphatic heterocycles. The van der Waals surface area contributed by atoms with Crippen molar-refractivity contribution in [3.8, 4) is 22.3 Å². The van der Waals surface area contributed by atoms with Crippen molar-refractivity contribution in [1.29, 1.82) is 0 Å². The van der Waals surface area contributed by atoms with Gasteiger partial charge in [0.1, 0.15) is 11.2 Å². The van der Waals surface area contributed by atoms with Crippen LogP contribution >= 0.6 is 0 Å². The van der Waals surface area contributed by atoms with E-state index in [1.54, 1.807) is 0 Å². The molecule has 0 N–H and O–H groups in total. The highest BCUT2D eigenvalue weighted by atomic mass is 16.3. The zero-order chi connectivity index (χ0) is 34.3. The Hall–Kier alpha value is -5.08. The van der Waals surface area contributed by atoms with Gasteiger partial charge in [-0.15, -0.1) is 0 Å². The number of rotatable bonds is 4. The Morgan fingerprint density at radius 2 is 1.20 bits per heavy atom. The van der Waals surface area contributed by atoms with Gasteiger partial charge >= 0.3 is 0 Å². The number of hydrogen-bond acceptors (Lipinski definition) is 2. The molecule has 8 rings (SSSR count). The molecule has 0 bridgehead atoms. The minimum absolute atomic E-state index is 0.0140. The molecule has 0 atom stereocenters. The third-order valence-electron chi connectivity index (χ3n) is 10.5. The second kappa shape index (κ2) is 11.0. The molecule has 0 spiro atoms. The summed E-state index contributed by atoms with van der Waals surface area (Å²) in [6.07, 6.45) is 0. The number of anilines is 3. The number of nitrogens with zero attached hydrogens (tertiary/aromatic N) is 1. The molecule has 0 radical (unpaired) electrons. The number of furan rings is 1. The average Bonchev–Trinajstić information content (AvgIpc) is 3.57. The minimum atomic E-state index is -0.0827. The standard InChI is InChI=1S/C47H45NO/c1-45(2,3)32-27-37-43-41(19-14-20-42(43)49-44(37)40(28-32)46(4,5)6)48(33-23-21-31(22-24-33)30-15-10-9-11-16-30)34-25-26-39-36(29-34)35-17-12-13-18-38(35)47(39,7)8/h9-29H,1-8H3. The monoisotopic (exact) mass is 639 g/mol. The second-order valence-corrected chi connectivity index (χ2v) is 16.3. The van der Waals surface area contributed by atoms with Crippen LogP contribution in [-0.4, -0.2) is 0 Å². The Labute approximate surface area is 291 Å². The molecule has 0 fully saturated rings. The maximum atomic E-state index is 6.84. The average molecular weight is 640 g/mol. The lowest BCUT2D eigenvalue weighted by Crippen LogP contribution is -2.16. The summed E-state index contributed by atoms with van der Waals surface area (Å²) in [5, 5.41) is 2.31. The van der Waals surface area contributed by atoms with Crippen molar-refractivity contribution in [3.05, 3.63) is 150 Å². The van der Waals surface area contributed by atoms with Gasteiger partial charge in [-0.1, -0.05) is 140 Å². The number of benzene rings is 6. The van der Waals surface area contributed by atoms with E-state index in [9.17, 15) is 0 Å². The molecule has 1 aliphatic carbocycles.